The largest absolute Gasteiger partial charge is 0.493 e. The van der Waals surface area contributed by atoms with E-state index in [4.69, 9.17) is 19.9 Å². The van der Waals surface area contributed by atoms with Crippen molar-refractivity contribution in [2.45, 2.75) is 0 Å². The van der Waals surface area contributed by atoms with E-state index >= 15 is 0 Å². The summed E-state index contributed by atoms with van der Waals surface area (Å²) in [7, 11) is 4.72. The minimum absolute atomic E-state index is 0. The highest BCUT2D eigenvalue weighted by Gasteiger charge is 2.19. The molecule has 0 saturated carbocycles. The van der Waals surface area contributed by atoms with Crippen molar-refractivity contribution in [2.75, 3.05) is 45.1 Å². The first-order chi connectivity index (χ1) is 11.6. The van der Waals surface area contributed by atoms with Crippen molar-refractivity contribution < 1.29 is 19.0 Å². The molecular formula is C18H23ClN2O4. The number of rotatable bonds is 7. The van der Waals surface area contributed by atoms with Gasteiger partial charge >= 0.3 is 0 Å². The Morgan fingerprint density at radius 3 is 2.36 bits per heavy atom. The summed E-state index contributed by atoms with van der Waals surface area (Å²) in [5, 5.41) is 0. The predicted octanol–water partition coefficient (Wildman–Crippen LogP) is 3.00. The Morgan fingerprint density at radius 1 is 1.04 bits per heavy atom. The van der Waals surface area contributed by atoms with E-state index in [1.807, 2.05) is 0 Å². The molecule has 0 aliphatic rings. The Labute approximate surface area is 153 Å². The van der Waals surface area contributed by atoms with Crippen LogP contribution in [-0.4, -0.2) is 40.4 Å². The first-order valence-electron chi connectivity index (χ1n) is 7.49. The molecule has 1 amide bonds. The molecule has 0 radical (unpaired) electrons. The quantitative estimate of drug-likeness (QED) is 0.762. The van der Waals surface area contributed by atoms with Gasteiger partial charge in [0.15, 0.2) is 11.5 Å². The zero-order chi connectivity index (χ0) is 17.5. The summed E-state index contributed by atoms with van der Waals surface area (Å²) in [6, 6.07) is 12.2. The highest BCUT2D eigenvalue weighted by molar-refractivity contribution is 6.06. The minimum Gasteiger partial charge on any atom is -0.493 e. The van der Waals surface area contributed by atoms with Gasteiger partial charge < -0.3 is 24.8 Å². The fraction of sp³-hybridized carbons (Fsp3) is 0.278. The fourth-order valence-electron chi connectivity index (χ4n) is 2.35. The molecule has 0 atom stereocenters. The first-order valence-corrected chi connectivity index (χ1v) is 7.49. The SMILES string of the molecule is COCCN(C(=O)c1cccc(N)c1)c1ccc(OC)c(OC)c1.Cl. The van der Waals surface area contributed by atoms with Crippen molar-refractivity contribution in [3.8, 4) is 11.5 Å². The van der Waals surface area contributed by atoms with Crippen LogP contribution in [0.25, 0.3) is 0 Å². The summed E-state index contributed by atoms with van der Waals surface area (Å²) in [5.74, 6) is 0.994. The maximum Gasteiger partial charge on any atom is 0.258 e. The van der Waals surface area contributed by atoms with Gasteiger partial charge in [0, 0.05) is 36.7 Å². The van der Waals surface area contributed by atoms with Gasteiger partial charge in [-0.1, -0.05) is 6.07 Å². The lowest BCUT2D eigenvalue weighted by atomic mass is 10.1. The highest BCUT2D eigenvalue weighted by Crippen LogP contribution is 2.32. The van der Waals surface area contributed by atoms with E-state index in [9.17, 15) is 4.79 Å². The number of anilines is 2. The Morgan fingerprint density at radius 2 is 1.76 bits per heavy atom. The molecule has 0 fully saturated rings. The van der Waals surface area contributed by atoms with E-state index in [1.54, 1.807) is 68.7 Å². The average Bonchev–Trinajstić information content (AvgIpc) is 2.61. The van der Waals surface area contributed by atoms with Crippen molar-refractivity contribution >= 4 is 29.7 Å². The van der Waals surface area contributed by atoms with E-state index in [0.717, 1.165) is 0 Å². The minimum atomic E-state index is -0.161. The monoisotopic (exact) mass is 366 g/mol. The van der Waals surface area contributed by atoms with Crippen LogP contribution in [0.2, 0.25) is 0 Å². The molecule has 0 unspecified atom stereocenters. The van der Waals surface area contributed by atoms with Gasteiger partial charge in [-0.05, 0) is 30.3 Å². The van der Waals surface area contributed by atoms with E-state index in [-0.39, 0.29) is 18.3 Å². The third-order valence-corrected chi connectivity index (χ3v) is 3.58. The lowest BCUT2D eigenvalue weighted by molar-refractivity contribution is 0.0976. The molecule has 25 heavy (non-hydrogen) atoms. The molecule has 0 saturated heterocycles. The zero-order valence-electron chi connectivity index (χ0n) is 14.5. The smallest absolute Gasteiger partial charge is 0.258 e. The summed E-state index contributed by atoms with van der Waals surface area (Å²) in [4.78, 5) is 14.5. The van der Waals surface area contributed by atoms with Crippen LogP contribution in [0.1, 0.15) is 10.4 Å². The second-order valence-corrected chi connectivity index (χ2v) is 5.11. The number of methoxy groups -OCH3 is 3. The molecule has 136 valence electrons. The van der Waals surface area contributed by atoms with Crippen molar-refractivity contribution in [1.82, 2.24) is 0 Å². The first kappa shape index (κ1) is 20.6. The molecule has 0 heterocycles. The topological polar surface area (TPSA) is 74.0 Å². The van der Waals surface area contributed by atoms with Crippen molar-refractivity contribution in [3.63, 3.8) is 0 Å². The maximum absolute atomic E-state index is 12.9. The maximum atomic E-state index is 12.9. The highest BCUT2D eigenvalue weighted by atomic mass is 35.5. The molecule has 2 N–H and O–H groups in total. The number of halogens is 1. The van der Waals surface area contributed by atoms with Gasteiger partial charge in [-0.15, -0.1) is 12.4 Å². The Bertz CT molecular complexity index is 709. The van der Waals surface area contributed by atoms with Crippen LogP contribution in [-0.2, 0) is 4.74 Å². The molecular weight excluding hydrogens is 344 g/mol. The molecule has 0 bridgehead atoms. The number of benzene rings is 2. The fourth-order valence-corrected chi connectivity index (χ4v) is 2.35. The summed E-state index contributed by atoms with van der Waals surface area (Å²) < 4.78 is 15.7. The number of ether oxygens (including phenoxy) is 3. The van der Waals surface area contributed by atoms with Crippen LogP contribution in [0.15, 0.2) is 42.5 Å². The third kappa shape index (κ3) is 5.01. The second-order valence-electron chi connectivity index (χ2n) is 5.11. The van der Waals surface area contributed by atoms with Gasteiger partial charge in [-0.3, -0.25) is 4.79 Å². The number of hydrogen-bond donors (Lipinski definition) is 1. The van der Waals surface area contributed by atoms with Crippen molar-refractivity contribution in [2.24, 2.45) is 0 Å². The van der Waals surface area contributed by atoms with Crippen LogP contribution in [0.4, 0.5) is 11.4 Å². The second kappa shape index (κ2) is 9.76. The molecule has 6 nitrogen and oxygen atoms in total. The van der Waals surface area contributed by atoms with Gasteiger partial charge in [-0.25, -0.2) is 0 Å². The number of hydrogen-bond acceptors (Lipinski definition) is 5. The molecule has 0 aliphatic carbocycles. The van der Waals surface area contributed by atoms with Gasteiger partial charge in [0.1, 0.15) is 0 Å². The molecule has 2 aromatic carbocycles. The summed E-state index contributed by atoms with van der Waals surface area (Å²) >= 11 is 0. The van der Waals surface area contributed by atoms with Crippen LogP contribution in [0, 0.1) is 0 Å². The van der Waals surface area contributed by atoms with E-state index in [2.05, 4.69) is 0 Å². The lowest BCUT2D eigenvalue weighted by Crippen LogP contribution is -2.34. The van der Waals surface area contributed by atoms with Gasteiger partial charge in [0.05, 0.1) is 20.8 Å². The van der Waals surface area contributed by atoms with Crippen LogP contribution in [0.5, 0.6) is 11.5 Å². The third-order valence-electron chi connectivity index (χ3n) is 3.58. The lowest BCUT2D eigenvalue weighted by Gasteiger charge is -2.24. The molecule has 0 spiro atoms. The number of carbonyl (C=O) groups is 1. The molecule has 7 heteroatoms. The van der Waals surface area contributed by atoms with Crippen molar-refractivity contribution in [1.29, 1.82) is 0 Å². The predicted molar refractivity (Wildman–Crippen MR) is 101 cm³/mol. The Balaban J connectivity index is 0.00000312. The molecule has 2 rings (SSSR count). The number of carbonyl (C=O) groups excluding carboxylic acids is 1. The standard InChI is InChI=1S/C18H22N2O4.ClH/c1-22-10-9-20(18(21)13-5-4-6-14(19)11-13)15-7-8-16(23-2)17(12-15)24-3;/h4-8,11-12H,9-10,19H2,1-3H3;1H. The van der Waals surface area contributed by atoms with Crippen LogP contribution < -0.4 is 20.1 Å². The van der Waals surface area contributed by atoms with E-state index in [0.29, 0.717) is 41.6 Å². The van der Waals surface area contributed by atoms with Gasteiger partial charge in [0.2, 0.25) is 0 Å². The Kier molecular flexibility index (Phi) is 8.04. The van der Waals surface area contributed by atoms with Gasteiger partial charge in [-0.2, -0.15) is 0 Å². The Hall–Kier alpha value is -2.44. The number of nitrogens with two attached hydrogens (primary N) is 1. The number of nitrogen functional groups attached to an aromatic ring is 1. The zero-order valence-corrected chi connectivity index (χ0v) is 15.3. The summed E-state index contributed by atoms with van der Waals surface area (Å²) in [6.07, 6.45) is 0. The number of nitrogens with zero attached hydrogens (tertiary/aromatic N) is 1. The average molecular weight is 367 g/mol. The molecule has 0 aliphatic heterocycles. The van der Waals surface area contributed by atoms with E-state index < -0.39 is 0 Å². The van der Waals surface area contributed by atoms with Crippen LogP contribution in [0.3, 0.4) is 0 Å². The molecule has 0 aromatic heterocycles. The van der Waals surface area contributed by atoms with E-state index in [1.165, 1.54) is 0 Å². The summed E-state index contributed by atoms with van der Waals surface area (Å²) in [6.45, 7) is 0.808. The normalized spacial score (nSPS) is 9.88. The number of amides is 1. The molecule has 2 aromatic rings. The van der Waals surface area contributed by atoms with Crippen molar-refractivity contribution in [3.05, 3.63) is 48.0 Å². The summed E-state index contributed by atoms with van der Waals surface area (Å²) in [5.41, 5.74) is 7.53. The van der Waals surface area contributed by atoms with Gasteiger partial charge in [0.25, 0.3) is 5.91 Å². The van der Waals surface area contributed by atoms with Crippen LogP contribution >= 0.6 is 12.4 Å².